The quantitative estimate of drug-likeness (QED) is 0.592. The summed E-state index contributed by atoms with van der Waals surface area (Å²) in [6.07, 6.45) is 3.78. The number of nitrogens with two attached hydrogens (primary N) is 1. The molecule has 2 rings (SSSR count). The Bertz CT molecular complexity index is 506. The van der Waals surface area contributed by atoms with E-state index in [1.54, 1.807) is 10.6 Å². The Morgan fingerprint density at radius 3 is 3.07 bits per heavy atom. The van der Waals surface area contributed by atoms with Crippen LogP contribution < -0.4 is 5.73 Å². The van der Waals surface area contributed by atoms with E-state index in [1.165, 1.54) is 6.33 Å². The zero-order valence-electron chi connectivity index (χ0n) is 7.96. The van der Waals surface area contributed by atoms with Crippen molar-refractivity contribution in [3.63, 3.8) is 0 Å². The minimum atomic E-state index is -0.477. The SMILES string of the molecule is NCCc1cccn2cnc([N+](=O)[O-])c12. The predicted molar refractivity (Wildman–Crippen MR) is 54.6 cm³/mol. The third-order valence-corrected chi connectivity index (χ3v) is 2.21. The highest BCUT2D eigenvalue weighted by Gasteiger charge is 2.18. The highest BCUT2D eigenvalue weighted by molar-refractivity contribution is 5.66. The molecule has 0 aliphatic heterocycles. The molecule has 0 saturated carbocycles. The Labute approximate surface area is 85.5 Å². The molecule has 0 amide bonds. The lowest BCUT2D eigenvalue weighted by Crippen LogP contribution is -2.04. The molecule has 0 spiro atoms. The van der Waals surface area contributed by atoms with Gasteiger partial charge in [0.1, 0.15) is 0 Å². The molecule has 0 fully saturated rings. The van der Waals surface area contributed by atoms with Gasteiger partial charge < -0.3 is 15.8 Å². The molecule has 0 unspecified atom stereocenters. The second-order valence-corrected chi connectivity index (χ2v) is 3.15. The van der Waals surface area contributed by atoms with Gasteiger partial charge in [-0.25, -0.2) is 0 Å². The summed E-state index contributed by atoms with van der Waals surface area (Å²) in [6, 6.07) is 3.65. The summed E-state index contributed by atoms with van der Waals surface area (Å²) < 4.78 is 1.64. The fourth-order valence-corrected chi connectivity index (χ4v) is 1.60. The van der Waals surface area contributed by atoms with Gasteiger partial charge in [-0.2, -0.15) is 0 Å². The fraction of sp³-hybridized carbons (Fsp3) is 0.222. The molecule has 6 nitrogen and oxygen atoms in total. The van der Waals surface area contributed by atoms with Crippen LogP contribution in [0.4, 0.5) is 5.82 Å². The second kappa shape index (κ2) is 3.66. The first-order valence-corrected chi connectivity index (χ1v) is 4.53. The molecule has 2 N–H and O–H groups in total. The maximum Gasteiger partial charge on any atom is 0.389 e. The van der Waals surface area contributed by atoms with Gasteiger partial charge in [-0.05, 0) is 34.5 Å². The third kappa shape index (κ3) is 1.55. The van der Waals surface area contributed by atoms with E-state index in [2.05, 4.69) is 4.98 Å². The second-order valence-electron chi connectivity index (χ2n) is 3.15. The van der Waals surface area contributed by atoms with Crippen LogP contribution in [0.25, 0.3) is 5.52 Å². The highest BCUT2D eigenvalue weighted by Crippen LogP contribution is 2.21. The Balaban J connectivity index is 2.69. The zero-order valence-corrected chi connectivity index (χ0v) is 7.96. The summed E-state index contributed by atoms with van der Waals surface area (Å²) in [5.74, 6) is -0.112. The van der Waals surface area contributed by atoms with E-state index < -0.39 is 4.92 Å². The number of pyridine rings is 1. The van der Waals surface area contributed by atoms with Crippen LogP contribution in [0, 0.1) is 10.1 Å². The van der Waals surface area contributed by atoms with Crippen molar-refractivity contribution in [2.24, 2.45) is 5.73 Å². The van der Waals surface area contributed by atoms with Crippen molar-refractivity contribution in [1.82, 2.24) is 9.38 Å². The van der Waals surface area contributed by atoms with Crippen LogP contribution in [0.2, 0.25) is 0 Å². The number of imidazole rings is 1. The van der Waals surface area contributed by atoms with E-state index in [1.807, 2.05) is 12.1 Å². The predicted octanol–water partition coefficient (Wildman–Crippen LogP) is 0.744. The number of hydrogen-bond acceptors (Lipinski definition) is 4. The molecular weight excluding hydrogens is 196 g/mol. The van der Waals surface area contributed by atoms with Crippen molar-refractivity contribution in [3.8, 4) is 0 Å². The molecule has 0 saturated heterocycles. The smallest absolute Gasteiger partial charge is 0.358 e. The Hall–Kier alpha value is -1.95. The summed E-state index contributed by atoms with van der Waals surface area (Å²) >= 11 is 0. The summed E-state index contributed by atoms with van der Waals surface area (Å²) in [7, 11) is 0. The zero-order chi connectivity index (χ0) is 10.8. The van der Waals surface area contributed by atoms with Crippen molar-refractivity contribution < 1.29 is 4.92 Å². The summed E-state index contributed by atoms with van der Waals surface area (Å²) in [6.45, 7) is 0.460. The van der Waals surface area contributed by atoms with Gasteiger partial charge in [0.25, 0.3) is 0 Å². The maximum atomic E-state index is 10.7. The summed E-state index contributed by atoms with van der Waals surface area (Å²) in [4.78, 5) is 14.0. The van der Waals surface area contributed by atoms with E-state index in [4.69, 9.17) is 5.73 Å². The van der Waals surface area contributed by atoms with Crippen LogP contribution in [0.3, 0.4) is 0 Å². The number of rotatable bonds is 3. The fourth-order valence-electron chi connectivity index (χ4n) is 1.60. The average molecular weight is 206 g/mol. The molecule has 0 atom stereocenters. The molecule has 2 heterocycles. The van der Waals surface area contributed by atoms with Crippen LogP contribution in [0.15, 0.2) is 24.7 Å². The largest absolute Gasteiger partial charge is 0.389 e. The van der Waals surface area contributed by atoms with Crippen molar-refractivity contribution in [1.29, 1.82) is 0 Å². The minimum Gasteiger partial charge on any atom is -0.358 e. The van der Waals surface area contributed by atoms with E-state index >= 15 is 0 Å². The Morgan fingerprint density at radius 2 is 2.40 bits per heavy atom. The van der Waals surface area contributed by atoms with Crippen LogP contribution in [0.5, 0.6) is 0 Å². The van der Waals surface area contributed by atoms with Crippen LogP contribution >= 0.6 is 0 Å². The number of nitrogens with zero attached hydrogens (tertiary/aromatic N) is 3. The van der Waals surface area contributed by atoms with Crippen molar-refractivity contribution in [2.45, 2.75) is 6.42 Å². The molecule has 78 valence electrons. The average Bonchev–Trinajstić information content (AvgIpc) is 2.62. The number of nitro groups is 1. The summed E-state index contributed by atoms with van der Waals surface area (Å²) in [5.41, 5.74) is 6.83. The number of aromatic nitrogens is 2. The molecule has 0 aliphatic carbocycles. The van der Waals surface area contributed by atoms with Gasteiger partial charge in [-0.1, -0.05) is 6.07 Å². The van der Waals surface area contributed by atoms with Crippen LogP contribution in [-0.4, -0.2) is 20.9 Å². The van der Waals surface area contributed by atoms with Crippen molar-refractivity contribution in [2.75, 3.05) is 6.54 Å². The third-order valence-electron chi connectivity index (χ3n) is 2.21. The normalized spacial score (nSPS) is 10.7. The van der Waals surface area contributed by atoms with Gasteiger partial charge in [-0.15, -0.1) is 0 Å². The van der Waals surface area contributed by atoms with Crippen molar-refractivity contribution in [3.05, 3.63) is 40.3 Å². The van der Waals surface area contributed by atoms with Crippen LogP contribution in [-0.2, 0) is 6.42 Å². The molecule has 0 radical (unpaired) electrons. The molecule has 0 aliphatic rings. The maximum absolute atomic E-state index is 10.7. The van der Waals surface area contributed by atoms with Gasteiger partial charge in [-0.3, -0.25) is 4.40 Å². The van der Waals surface area contributed by atoms with Gasteiger partial charge in [0.05, 0.1) is 0 Å². The van der Waals surface area contributed by atoms with E-state index in [9.17, 15) is 10.1 Å². The topological polar surface area (TPSA) is 86.5 Å². The molecule has 2 aromatic heterocycles. The molecule has 2 aromatic rings. The monoisotopic (exact) mass is 206 g/mol. The van der Waals surface area contributed by atoms with Crippen LogP contribution in [0.1, 0.15) is 5.56 Å². The lowest BCUT2D eigenvalue weighted by Gasteiger charge is -2.01. The lowest BCUT2D eigenvalue weighted by molar-refractivity contribution is -0.387. The number of fused-ring (bicyclic) bond motifs is 1. The first-order valence-electron chi connectivity index (χ1n) is 4.53. The minimum absolute atomic E-state index is 0.112. The Morgan fingerprint density at radius 1 is 1.60 bits per heavy atom. The molecule has 15 heavy (non-hydrogen) atoms. The molecular formula is C9H10N4O2. The first-order chi connectivity index (χ1) is 7.24. The van der Waals surface area contributed by atoms with Gasteiger partial charge >= 0.3 is 5.82 Å². The lowest BCUT2D eigenvalue weighted by atomic mass is 10.1. The molecule has 0 bridgehead atoms. The van der Waals surface area contributed by atoms with Gasteiger partial charge in [0.15, 0.2) is 5.52 Å². The van der Waals surface area contributed by atoms with Crippen molar-refractivity contribution >= 4 is 11.3 Å². The molecule has 0 aromatic carbocycles. The molecule has 6 heteroatoms. The van der Waals surface area contributed by atoms with Gasteiger partial charge in [0, 0.05) is 6.20 Å². The van der Waals surface area contributed by atoms with E-state index in [0.29, 0.717) is 18.5 Å². The highest BCUT2D eigenvalue weighted by atomic mass is 16.6. The van der Waals surface area contributed by atoms with E-state index in [0.717, 1.165) is 5.56 Å². The first kappa shape index (κ1) is 9.60. The Kier molecular flexibility index (Phi) is 2.34. The number of hydrogen-bond donors (Lipinski definition) is 1. The van der Waals surface area contributed by atoms with E-state index in [-0.39, 0.29) is 5.82 Å². The summed E-state index contributed by atoms with van der Waals surface area (Å²) in [5, 5.41) is 10.7. The standard InChI is InChI=1S/C9H10N4O2/c10-4-3-7-2-1-5-12-6-11-9(8(7)12)13(14)15/h1-2,5-6H,3-4,10H2. The van der Waals surface area contributed by atoms with Gasteiger partial charge in [0.2, 0.25) is 6.33 Å².